The van der Waals surface area contributed by atoms with Crippen LogP contribution >= 0.6 is 0 Å². The summed E-state index contributed by atoms with van der Waals surface area (Å²) in [5.41, 5.74) is 4.15. The van der Waals surface area contributed by atoms with E-state index in [1.165, 1.54) is 18.5 Å². The number of aromatic nitrogens is 2. The minimum absolute atomic E-state index is 0.106. The summed E-state index contributed by atoms with van der Waals surface area (Å²) in [4.78, 5) is 22.7. The highest BCUT2D eigenvalue weighted by Crippen LogP contribution is 2.29. The van der Waals surface area contributed by atoms with E-state index in [0.29, 0.717) is 5.69 Å². The second-order valence-electron chi connectivity index (χ2n) is 6.69. The van der Waals surface area contributed by atoms with E-state index >= 15 is 0 Å². The molecule has 0 spiro atoms. The van der Waals surface area contributed by atoms with Crippen LogP contribution in [0.5, 0.6) is 0 Å². The van der Waals surface area contributed by atoms with Gasteiger partial charge in [-0.2, -0.15) is 0 Å². The Morgan fingerprint density at radius 2 is 1.68 bits per heavy atom. The first-order chi connectivity index (χ1) is 13.3. The van der Waals surface area contributed by atoms with Gasteiger partial charge in [0.05, 0.1) is 18.1 Å². The van der Waals surface area contributed by atoms with E-state index in [9.17, 15) is 13.6 Å². The third-order valence-electron chi connectivity index (χ3n) is 4.38. The fourth-order valence-corrected chi connectivity index (χ4v) is 3.02. The van der Waals surface area contributed by atoms with Gasteiger partial charge >= 0.3 is 0 Å². The maximum absolute atomic E-state index is 13.7. The Kier molecular flexibility index (Phi) is 5.35. The molecule has 0 bridgehead atoms. The average molecular weight is 382 g/mol. The molecule has 3 aromatic rings. The molecule has 0 aliphatic rings. The maximum atomic E-state index is 13.7. The van der Waals surface area contributed by atoms with Crippen molar-refractivity contribution in [1.29, 1.82) is 0 Å². The minimum Gasteiger partial charge on any atom is -0.377 e. The number of anilines is 2. The average Bonchev–Trinajstić information content (AvgIpc) is 2.62. The molecular formula is C21H20F2N4O. The SMILES string of the molecule is Cc1cc(C)c(N(C)C)cc1-c1cnc(NC(=O)c2c(F)cccc2F)cn1. The van der Waals surface area contributed by atoms with Crippen LogP contribution in [0.15, 0.2) is 42.7 Å². The molecule has 0 atom stereocenters. The van der Waals surface area contributed by atoms with Crippen molar-refractivity contribution in [3.63, 3.8) is 0 Å². The molecule has 0 aliphatic heterocycles. The van der Waals surface area contributed by atoms with Crippen LogP contribution in [0.2, 0.25) is 0 Å². The van der Waals surface area contributed by atoms with E-state index in [2.05, 4.69) is 21.4 Å². The van der Waals surface area contributed by atoms with Gasteiger partial charge in [0.2, 0.25) is 0 Å². The van der Waals surface area contributed by atoms with Gasteiger partial charge in [-0.05, 0) is 43.2 Å². The van der Waals surface area contributed by atoms with Crippen LogP contribution in [0.3, 0.4) is 0 Å². The Morgan fingerprint density at radius 3 is 2.25 bits per heavy atom. The number of nitrogens with one attached hydrogen (secondary N) is 1. The number of carbonyl (C=O) groups excluding carboxylic acids is 1. The zero-order valence-electron chi connectivity index (χ0n) is 16.0. The summed E-state index contributed by atoms with van der Waals surface area (Å²) in [5, 5.41) is 2.37. The number of hydrogen-bond donors (Lipinski definition) is 1. The standard InChI is InChI=1S/C21H20F2N4O/c1-12-8-13(2)18(27(3)4)9-14(12)17-10-25-19(11-24-17)26-21(28)20-15(22)6-5-7-16(20)23/h5-11H,1-4H3,(H,25,26,28). The number of aryl methyl sites for hydroxylation is 2. The first-order valence-electron chi connectivity index (χ1n) is 8.64. The van der Waals surface area contributed by atoms with E-state index in [0.717, 1.165) is 34.5 Å². The number of rotatable bonds is 4. The van der Waals surface area contributed by atoms with Crippen molar-refractivity contribution in [2.75, 3.05) is 24.3 Å². The summed E-state index contributed by atoms with van der Waals surface area (Å²) < 4.78 is 27.5. The number of amides is 1. The van der Waals surface area contributed by atoms with Crippen LogP contribution < -0.4 is 10.2 Å². The van der Waals surface area contributed by atoms with Crippen LogP contribution in [0.4, 0.5) is 20.3 Å². The molecule has 28 heavy (non-hydrogen) atoms. The molecule has 1 N–H and O–H groups in total. The van der Waals surface area contributed by atoms with Gasteiger partial charge in [0, 0.05) is 25.3 Å². The quantitative estimate of drug-likeness (QED) is 0.729. The molecule has 0 saturated heterocycles. The predicted octanol–water partition coefficient (Wildman–Crippen LogP) is 4.36. The molecule has 1 amide bonds. The van der Waals surface area contributed by atoms with E-state index in [4.69, 9.17) is 0 Å². The van der Waals surface area contributed by atoms with Crippen molar-refractivity contribution < 1.29 is 13.6 Å². The number of nitrogens with zero attached hydrogens (tertiary/aromatic N) is 3. The van der Waals surface area contributed by atoms with Crippen LogP contribution in [-0.4, -0.2) is 30.0 Å². The lowest BCUT2D eigenvalue weighted by molar-refractivity contribution is 0.101. The van der Waals surface area contributed by atoms with Gasteiger partial charge in [0.25, 0.3) is 5.91 Å². The monoisotopic (exact) mass is 382 g/mol. The van der Waals surface area contributed by atoms with Crippen molar-refractivity contribution in [2.45, 2.75) is 13.8 Å². The summed E-state index contributed by atoms with van der Waals surface area (Å²) in [6.07, 6.45) is 2.88. The Labute approximate surface area is 162 Å². The van der Waals surface area contributed by atoms with E-state index in [1.807, 2.05) is 38.9 Å². The first kappa shape index (κ1) is 19.4. The third kappa shape index (κ3) is 3.83. The van der Waals surface area contributed by atoms with E-state index < -0.39 is 23.1 Å². The smallest absolute Gasteiger partial charge is 0.262 e. The summed E-state index contributed by atoms with van der Waals surface area (Å²) in [7, 11) is 3.93. The molecule has 144 valence electrons. The van der Waals surface area contributed by atoms with Gasteiger partial charge in [0.1, 0.15) is 17.2 Å². The van der Waals surface area contributed by atoms with Crippen molar-refractivity contribution in [3.05, 3.63) is 71.1 Å². The van der Waals surface area contributed by atoms with Crippen molar-refractivity contribution >= 4 is 17.4 Å². The lowest BCUT2D eigenvalue weighted by atomic mass is 10.0. The summed E-state index contributed by atoms with van der Waals surface area (Å²) in [5.74, 6) is -2.68. The fraction of sp³-hybridized carbons (Fsp3) is 0.190. The van der Waals surface area contributed by atoms with E-state index in [1.54, 1.807) is 0 Å². The highest BCUT2D eigenvalue weighted by atomic mass is 19.1. The van der Waals surface area contributed by atoms with Crippen molar-refractivity contribution in [2.24, 2.45) is 0 Å². The van der Waals surface area contributed by atoms with Gasteiger partial charge in [0.15, 0.2) is 5.82 Å². The highest BCUT2D eigenvalue weighted by Gasteiger charge is 2.18. The second kappa shape index (κ2) is 7.72. The van der Waals surface area contributed by atoms with Crippen molar-refractivity contribution in [3.8, 4) is 11.3 Å². The Morgan fingerprint density at radius 1 is 1.00 bits per heavy atom. The van der Waals surface area contributed by atoms with Crippen LogP contribution in [-0.2, 0) is 0 Å². The number of hydrogen-bond acceptors (Lipinski definition) is 4. The molecule has 0 saturated carbocycles. The zero-order chi connectivity index (χ0) is 20.4. The number of halogens is 2. The molecule has 2 aromatic carbocycles. The lowest BCUT2D eigenvalue weighted by Gasteiger charge is -2.18. The maximum Gasteiger partial charge on any atom is 0.262 e. The number of carbonyl (C=O) groups is 1. The molecular weight excluding hydrogens is 362 g/mol. The van der Waals surface area contributed by atoms with Gasteiger partial charge in [-0.3, -0.25) is 9.78 Å². The molecule has 0 aliphatic carbocycles. The van der Waals surface area contributed by atoms with Gasteiger partial charge in [-0.25, -0.2) is 13.8 Å². The molecule has 0 radical (unpaired) electrons. The third-order valence-corrected chi connectivity index (χ3v) is 4.38. The molecule has 5 nitrogen and oxygen atoms in total. The molecule has 7 heteroatoms. The normalized spacial score (nSPS) is 10.6. The summed E-state index contributed by atoms with van der Waals surface area (Å²) >= 11 is 0. The molecule has 0 fully saturated rings. The van der Waals surface area contributed by atoms with Gasteiger partial charge in [-0.15, -0.1) is 0 Å². The number of benzene rings is 2. The Balaban J connectivity index is 1.87. The van der Waals surface area contributed by atoms with Crippen LogP contribution in [0.1, 0.15) is 21.5 Å². The molecule has 3 rings (SSSR count). The highest BCUT2D eigenvalue weighted by molar-refractivity contribution is 6.04. The van der Waals surface area contributed by atoms with Gasteiger partial charge < -0.3 is 10.2 Å². The Hall–Kier alpha value is -3.35. The van der Waals surface area contributed by atoms with Crippen LogP contribution in [0.25, 0.3) is 11.3 Å². The van der Waals surface area contributed by atoms with Crippen molar-refractivity contribution in [1.82, 2.24) is 9.97 Å². The largest absolute Gasteiger partial charge is 0.377 e. The fourth-order valence-electron chi connectivity index (χ4n) is 3.02. The summed E-state index contributed by atoms with van der Waals surface area (Å²) in [6.45, 7) is 4.03. The lowest BCUT2D eigenvalue weighted by Crippen LogP contribution is -2.16. The first-order valence-corrected chi connectivity index (χ1v) is 8.64. The Bertz CT molecular complexity index is 1010. The van der Waals surface area contributed by atoms with E-state index in [-0.39, 0.29) is 5.82 Å². The summed E-state index contributed by atoms with van der Waals surface area (Å²) in [6, 6.07) is 7.34. The molecule has 0 unspecified atom stereocenters. The topological polar surface area (TPSA) is 58.1 Å². The predicted molar refractivity (Wildman–Crippen MR) is 106 cm³/mol. The zero-order valence-corrected chi connectivity index (χ0v) is 16.0. The molecule has 1 heterocycles. The van der Waals surface area contributed by atoms with Crippen LogP contribution in [0, 0.1) is 25.5 Å². The second-order valence-corrected chi connectivity index (χ2v) is 6.69. The molecule has 1 aromatic heterocycles. The minimum atomic E-state index is -0.937. The van der Waals surface area contributed by atoms with Gasteiger partial charge in [-0.1, -0.05) is 12.1 Å².